The van der Waals surface area contributed by atoms with Gasteiger partial charge in [0.05, 0.1) is 19.0 Å². The standard InChI is InChI=1S/C22H32N4O3S/c1-28-17-5-6-20-19(14-17)24-21(29-20)16-7-10-25(11-8-16)9-3-2-4-18(23)22(27)26-12-13-30-15-26/h5-6,14,16,18H,2-4,7-13,15,23H2,1H3. The van der Waals surface area contributed by atoms with Crippen LogP contribution in [0.1, 0.15) is 43.9 Å². The van der Waals surface area contributed by atoms with Crippen molar-refractivity contribution in [3.8, 4) is 5.75 Å². The van der Waals surface area contributed by atoms with Crippen molar-refractivity contribution in [1.29, 1.82) is 0 Å². The molecule has 0 spiro atoms. The molecule has 0 aliphatic carbocycles. The van der Waals surface area contributed by atoms with Gasteiger partial charge in [0.15, 0.2) is 11.5 Å². The van der Waals surface area contributed by atoms with Gasteiger partial charge in [-0.2, -0.15) is 0 Å². The van der Waals surface area contributed by atoms with Crippen LogP contribution in [0.3, 0.4) is 0 Å². The summed E-state index contributed by atoms with van der Waals surface area (Å²) >= 11 is 1.80. The molecule has 0 bridgehead atoms. The molecule has 1 unspecified atom stereocenters. The van der Waals surface area contributed by atoms with Gasteiger partial charge in [0.2, 0.25) is 5.91 Å². The number of oxazole rings is 1. The predicted molar refractivity (Wildman–Crippen MR) is 120 cm³/mol. The Morgan fingerprint density at radius 3 is 2.90 bits per heavy atom. The van der Waals surface area contributed by atoms with Crippen LogP contribution in [0.4, 0.5) is 0 Å². The van der Waals surface area contributed by atoms with Crippen molar-refractivity contribution in [1.82, 2.24) is 14.8 Å². The SMILES string of the molecule is COc1ccc2oc(C3CCN(CCCCC(N)C(=O)N4CCSC4)CC3)nc2c1. The van der Waals surface area contributed by atoms with Crippen molar-refractivity contribution in [2.45, 2.75) is 44.1 Å². The summed E-state index contributed by atoms with van der Waals surface area (Å²) in [6.45, 7) is 4.03. The number of benzene rings is 1. The number of nitrogens with two attached hydrogens (primary N) is 1. The van der Waals surface area contributed by atoms with Crippen molar-refractivity contribution < 1.29 is 13.9 Å². The van der Waals surface area contributed by atoms with Gasteiger partial charge in [-0.15, -0.1) is 11.8 Å². The van der Waals surface area contributed by atoms with E-state index in [4.69, 9.17) is 19.9 Å². The van der Waals surface area contributed by atoms with Crippen LogP contribution in [-0.4, -0.2) is 71.7 Å². The van der Waals surface area contributed by atoms with Crippen LogP contribution in [0.2, 0.25) is 0 Å². The molecule has 2 aromatic rings. The molecule has 1 atom stereocenters. The molecule has 8 heteroatoms. The third-order valence-corrected chi connectivity index (χ3v) is 7.13. The minimum absolute atomic E-state index is 0.122. The normalized spacial score (nSPS) is 19.5. The fourth-order valence-corrected chi connectivity index (χ4v) is 5.23. The molecule has 164 valence electrons. The van der Waals surface area contributed by atoms with Gasteiger partial charge >= 0.3 is 0 Å². The van der Waals surface area contributed by atoms with E-state index >= 15 is 0 Å². The van der Waals surface area contributed by atoms with Gasteiger partial charge in [-0.25, -0.2) is 4.98 Å². The molecule has 3 heterocycles. The molecule has 30 heavy (non-hydrogen) atoms. The van der Waals surface area contributed by atoms with Gasteiger partial charge in [-0.1, -0.05) is 6.42 Å². The number of hydrogen-bond donors (Lipinski definition) is 1. The molecule has 4 rings (SSSR count). The Morgan fingerprint density at radius 1 is 1.33 bits per heavy atom. The van der Waals surface area contributed by atoms with E-state index in [1.165, 1.54) is 0 Å². The molecule has 2 aliphatic heterocycles. The van der Waals surface area contributed by atoms with E-state index in [0.29, 0.717) is 5.92 Å². The summed E-state index contributed by atoms with van der Waals surface area (Å²) in [7, 11) is 1.66. The van der Waals surface area contributed by atoms with Crippen LogP contribution < -0.4 is 10.5 Å². The van der Waals surface area contributed by atoms with Gasteiger partial charge in [0.25, 0.3) is 0 Å². The molecular formula is C22H32N4O3S. The van der Waals surface area contributed by atoms with Gasteiger partial charge in [-0.3, -0.25) is 4.79 Å². The minimum Gasteiger partial charge on any atom is -0.497 e. The zero-order chi connectivity index (χ0) is 20.9. The number of hydrogen-bond acceptors (Lipinski definition) is 7. The highest BCUT2D eigenvalue weighted by atomic mass is 32.2. The summed E-state index contributed by atoms with van der Waals surface area (Å²) < 4.78 is 11.3. The fourth-order valence-electron chi connectivity index (χ4n) is 4.28. The number of likely N-dealkylation sites (tertiary alicyclic amines) is 1. The molecule has 7 nitrogen and oxygen atoms in total. The van der Waals surface area contributed by atoms with E-state index in [-0.39, 0.29) is 11.9 Å². The Morgan fingerprint density at radius 2 is 2.17 bits per heavy atom. The van der Waals surface area contributed by atoms with Crippen LogP contribution in [0.15, 0.2) is 22.6 Å². The number of methoxy groups -OCH3 is 1. The number of ether oxygens (including phenoxy) is 1. The average Bonchev–Trinajstić information content (AvgIpc) is 3.46. The summed E-state index contributed by atoms with van der Waals surface area (Å²) in [5.74, 6) is 3.99. The zero-order valence-corrected chi connectivity index (χ0v) is 18.5. The number of carbonyl (C=O) groups excluding carboxylic acids is 1. The van der Waals surface area contributed by atoms with Crippen molar-refractivity contribution in [2.75, 3.05) is 44.9 Å². The summed E-state index contributed by atoms with van der Waals surface area (Å²) in [5, 5.41) is 0. The molecule has 1 amide bonds. The Bertz CT molecular complexity index is 844. The quantitative estimate of drug-likeness (QED) is 0.642. The van der Waals surface area contributed by atoms with Crippen molar-refractivity contribution >= 4 is 28.8 Å². The Balaban J connectivity index is 1.17. The van der Waals surface area contributed by atoms with Crippen LogP contribution in [0.25, 0.3) is 11.1 Å². The molecule has 1 aromatic heterocycles. The van der Waals surface area contributed by atoms with E-state index in [1.54, 1.807) is 18.9 Å². The van der Waals surface area contributed by atoms with Gasteiger partial charge < -0.3 is 24.7 Å². The lowest BCUT2D eigenvalue weighted by molar-refractivity contribution is -0.131. The highest BCUT2D eigenvalue weighted by Gasteiger charge is 2.26. The third-order valence-electron chi connectivity index (χ3n) is 6.17. The van der Waals surface area contributed by atoms with Gasteiger partial charge in [-0.05, 0) is 57.5 Å². The first-order valence-electron chi connectivity index (χ1n) is 10.9. The van der Waals surface area contributed by atoms with E-state index in [1.807, 2.05) is 23.1 Å². The Hall–Kier alpha value is -1.77. The first-order chi connectivity index (χ1) is 14.6. The smallest absolute Gasteiger partial charge is 0.240 e. The van der Waals surface area contributed by atoms with E-state index in [2.05, 4.69) is 4.90 Å². The Labute approximate surface area is 182 Å². The van der Waals surface area contributed by atoms with Crippen molar-refractivity contribution in [3.63, 3.8) is 0 Å². The molecule has 1 aromatic carbocycles. The molecule has 0 saturated carbocycles. The molecular weight excluding hydrogens is 400 g/mol. The number of amides is 1. The largest absolute Gasteiger partial charge is 0.497 e. The predicted octanol–water partition coefficient (Wildman–Crippen LogP) is 3.05. The monoisotopic (exact) mass is 432 g/mol. The Kier molecular flexibility index (Phi) is 7.17. The first-order valence-corrected chi connectivity index (χ1v) is 12.1. The van der Waals surface area contributed by atoms with Gasteiger partial charge in [0, 0.05) is 24.3 Å². The topological polar surface area (TPSA) is 84.8 Å². The number of nitrogens with zero attached hydrogens (tertiary/aromatic N) is 3. The maximum absolute atomic E-state index is 12.3. The summed E-state index contributed by atoms with van der Waals surface area (Å²) in [5.41, 5.74) is 7.80. The van der Waals surface area contributed by atoms with Crippen LogP contribution in [0, 0.1) is 0 Å². The number of thioether (sulfide) groups is 1. The average molecular weight is 433 g/mol. The first kappa shape index (κ1) is 21.5. The third kappa shape index (κ3) is 5.10. The highest BCUT2D eigenvalue weighted by molar-refractivity contribution is 7.99. The minimum atomic E-state index is -0.341. The number of carbonyl (C=O) groups is 1. The van der Waals surface area contributed by atoms with Crippen molar-refractivity contribution in [3.05, 3.63) is 24.1 Å². The number of fused-ring (bicyclic) bond motifs is 1. The maximum atomic E-state index is 12.3. The van der Waals surface area contributed by atoms with Crippen LogP contribution in [-0.2, 0) is 4.79 Å². The second-order valence-electron chi connectivity index (χ2n) is 8.24. The van der Waals surface area contributed by atoms with E-state index < -0.39 is 0 Å². The van der Waals surface area contributed by atoms with Crippen molar-refractivity contribution in [2.24, 2.45) is 5.73 Å². The second-order valence-corrected chi connectivity index (χ2v) is 9.32. The fraction of sp³-hybridized carbons (Fsp3) is 0.636. The van der Waals surface area contributed by atoms with E-state index in [9.17, 15) is 4.79 Å². The van der Waals surface area contributed by atoms with E-state index in [0.717, 1.165) is 92.7 Å². The number of piperidine rings is 1. The lowest BCUT2D eigenvalue weighted by atomic mass is 9.96. The molecule has 2 saturated heterocycles. The zero-order valence-electron chi connectivity index (χ0n) is 17.7. The number of aromatic nitrogens is 1. The molecule has 2 aliphatic rings. The lowest BCUT2D eigenvalue weighted by Crippen LogP contribution is -2.42. The summed E-state index contributed by atoms with van der Waals surface area (Å²) in [6.07, 6.45) is 5.00. The number of unbranched alkanes of at least 4 members (excludes halogenated alkanes) is 1. The van der Waals surface area contributed by atoms with Crippen LogP contribution in [0.5, 0.6) is 5.75 Å². The number of rotatable bonds is 8. The molecule has 2 fully saturated rings. The van der Waals surface area contributed by atoms with Gasteiger partial charge in [0.1, 0.15) is 11.3 Å². The molecule has 0 radical (unpaired) electrons. The summed E-state index contributed by atoms with van der Waals surface area (Å²) in [6, 6.07) is 5.42. The second kappa shape index (κ2) is 10.0. The molecule has 2 N–H and O–H groups in total. The summed E-state index contributed by atoms with van der Waals surface area (Å²) in [4.78, 5) is 21.4. The van der Waals surface area contributed by atoms with Crippen LogP contribution >= 0.6 is 11.8 Å². The highest BCUT2D eigenvalue weighted by Crippen LogP contribution is 2.31. The maximum Gasteiger partial charge on any atom is 0.240 e. The lowest BCUT2D eigenvalue weighted by Gasteiger charge is -2.30.